The average molecular weight is 919 g/mol. The maximum Gasteiger partial charge on any atom is 0.140 e. The molecule has 1 heterocycles. The Labute approximate surface area is 419 Å². The van der Waals surface area contributed by atoms with E-state index in [1.54, 1.807) is 0 Å². The van der Waals surface area contributed by atoms with Gasteiger partial charge < -0.3 is 14.2 Å². The average Bonchev–Trinajstić information content (AvgIpc) is 4.09. The maximum atomic E-state index is 7.07. The molecule has 14 rings (SSSR count). The first-order valence-corrected chi connectivity index (χ1v) is 24.7. The first kappa shape index (κ1) is 41.5. The normalized spacial score (nSPS) is 13.9. The smallest absolute Gasteiger partial charge is 0.140 e. The molecule has 0 amide bonds. The largest absolute Gasteiger partial charge is 0.456 e. The zero-order valence-electron chi connectivity index (χ0n) is 39.4. The monoisotopic (exact) mass is 918 g/mol. The molecular weight excluding hydrogens is 873 g/mol. The van der Waals surface area contributed by atoms with E-state index in [2.05, 4.69) is 289 Å². The molecule has 0 radical (unpaired) electrons. The van der Waals surface area contributed by atoms with Crippen molar-refractivity contribution in [3.63, 3.8) is 0 Å². The lowest BCUT2D eigenvalue weighted by molar-refractivity contribution is 0.628. The summed E-state index contributed by atoms with van der Waals surface area (Å²) in [5, 5.41) is 1.12. The highest BCUT2D eigenvalue weighted by atomic mass is 16.3. The third kappa shape index (κ3) is 6.59. The summed E-state index contributed by atoms with van der Waals surface area (Å²) in [7, 11) is 0. The Morgan fingerprint density at radius 2 is 0.625 bits per heavy atom. The zero-order chi connectivity index (χ0) is 47.6. The third-order valence-corrected chi connectivity index (χ3v) is 14.9. The van der Waals surface area contributed by atoms with Crippen LogP contribution in [-0.2, 0) is 5.41 Å². The van der Waals surface area contributed by atoms with Crippen LogP contribution in [0.3, 0.4) is 0 Å². The summed E-state index contributed by atoms with van der Waals surface area (Å²) in [6.45, 7) is 0. The van der Waals surface area contributed by atoms with Crippen molar-refractivity contribution < 1.29 is 4.42 Å². The highest BCUT2D eigenvalue weighted by Crippen LogP contribution is 2.66. The van der Waals surface area contributed by atoms with Gasteiger partial charge in [-0.15, -0.1) is 0 Å². The standard InChI is InChI=1S/C69H46N2O/c1-5-17-47(18-6-1)50-29-35-54(36-30-50)70(53-23-11-4-12-24-53)57-41-43-60-59-25-13-15-27-63(59)69(64(60)45-57)65-46-58(42-44-61(65)68-67(69)62-26-14-16-28-66(62)72-68)71(55-37-31-51(32-38-55)48-19-7-2-8-20-48)56-39-33-52(34-40-56)49-21-9-3-10-22-49/h1-46H. The number of nitrogens with zero attached hydrogens (tertiary/aromatic N) is 2. The van der Waals surface area contributed by atoms with Crippen LogP contribution in [0.5, 0.6) is 0 Å². The van der Waals surface area contributed by atoms with Crippen LogP contribution in [0, 0.1) is 0 Å². The number of anilines is 6. The van der Waals surface area contributed by atoms with Crippen molar-refractivity contribution in [3.8, 4) is 55.8 Å². The van der Waals surface area contributed by atoms with E-state index in [0.717, 1.165) is 56.4 Å². The molecule has 72 heavy (non-hydrogen) atoms. The molecule has 3 heteroatoms. The maximum absolute atomic E-state index is 7.07. The molecule has 1 aromatic heterocycles. The van der Waals surface area contributed by atoms with Gasteiger partial charge in [-0.1, -0.05) is 194 Å². The fourth-order valence-corrected chi connectivity index (χ4v) is 11.7. The Balaban J connectivity index is 0.989. The molecule has 0 aliphatic heterocycles. The molecule has 0 bridgehead atoms. The number of benzene rings is 11. The summed E-state index contributed by atoms with van der Waals surface area (Å²) < 4.78 is 7.07. The minimum absolute atomic E-state index is 0.714. The molecule has 12 aromatic rings. The third-order valence-electron chi connectivity index (χ3n) is 14.9. The molecule has 2 aliphatic carbocycles. The Hall–Kier alpha value is -9.44. The summed E-state index contributed by atoms with van der Waals surface area (Å²) in [4.78, 5) is 4.80. The van der Waals surface area contributed by atoms with Crippen LogP contribution in [0.1, 0.15) is 22.3 Å². The van der Waals surface area contributed by atoms with Gasteiger partial charge in [-0.2, -0.15) is 0 Å². The molecule has 1 spiro atoms. The van der Waals surface area contributed by atoms with Gasteiger partial charge in [-0.05, 0) is 146 Å². The zero-order valence-corrected chi connectivity index (χ0v) is 39.4. The van der Waals surface area contributed by atoms with E-state index >= 15 is 0 Å². The van der Waals surface area contributed by atoms with Gasteiger partial charge in [0.25, 0.3) is 0 Å². The first-order valence-electron chi connectivity index (χ1n) is 24.7. The van der Waals surface area contributed by atoms with Gasteiger partial charge in [0.1, 0.15) is 11.3 Å². The SMILES string of the molecule is c1ccc(-c2ccc(N(c3ccccc3)c3ccc4c(c3)C3(c5ccccc5-4)c4cc(N(c5ccc(-c6ccccc6)cc5)c5ccc(-c6ccccc6)cc5)ccc4-c4oc5ccccc5c43)cc2)cc1. The summed E-state index contributed by atoms with van der Waals surface area (Å²) in [5.74, 6) is 0.924. The van der Waals surface area contributed by atoms with Crippen LogP contribution in [-0.4, -0.2) is 0 Å². The molecule has 0 N–H and O–H groups in total. The lowest BCUT2D eigenvalue weighted by atomic mass is 9.70. The topological polar surface area (TPSA) is 19.6 Å². The molecular formula is C69H46N2O. The number of hydrogen-bond donors (Lipinski definition) is 0. The van der Waals surface area contributed by atoms with Crippen molar-refractivity contribution in [1.82, 2.24) is 0 Å². The van der Waals surface area contributed by atoms with Crippen LogP contribution in [0.25, 0.3) is 66.8 Å². The van der Waals surface area contributed by atoms with Crippen molar-refractivity contribution in [3.05, 3.63) is 301 Å². The van der Waals surface area contributed by atoms with E-state index < -0.39 is 5.41 Å². The molecule has 2 aliphatic rings. The highest BCUT2D eigenvalue weighted by Gasteiger charge is 2.55. The van der Waals surface area contributed by atoms with Crippen LogP contribution >= 0.6 is 0 Å². The van der Waals surface area contributed by atoms with Crippen molar-refractivity contribution in [2.75, 3.05) is 9.80 Å². The second-order valence-corrected chi connectivity index (χ2v) is 18.8. The number of hydrogen-bond acceptors (Lipinski definition) is 3. The minimum atomic E-state index is -0.714. The molecule has 0 saturated carbocycles. The summed E-state index contributed by atoms with van der Waals surface area (Å²) in [6, 6.07) is 101. The van der Waals surface area contributed by atoms with E-state index in [1.165, 1.54) is 66.8 Å². The van der Waals surface area contributed by atoms with Crippen LogP contribution in [0.4, 0.5) is 34.1 Å². The molecule has 338 valence electrons. The van der Waals surface area contributed by atoms with Gasteiger partial charge in [0, 0.05) is 50.6 Å². The minimum Gasteiger partial charge on any atom is -0.456 e. The molecule has 11 aromatic carbocycles. The van der Waals surface area contributed by atoms with Crippen molar-refractivity contribution in [2.24, 2.45) is 0 Å². The Kier molecular flexibility index (Phi) is 9.75. The van der Waals surface area contributed by atoms with Crippen molar-refractivity contribution in [2.45, 2.75) is 5.41 Å². The molecule has 3 nitrogen and oxygen atoms in total. The number of furan rings is 1. The first-order chi connectivity index (χ1) is 35.7. The second-order valence-electron chi connectivity index (χ2n) is 18.8. The van der Waals surface area contributed by atoms with Crippen LogP contribution < -0.4 is 9.80 Å². The van der Waals surface area contributed by atoms with E-state index in [-0.39, 0.29) is 0 Å². The predicted molar refractivity (Wildman–Crippen MR) is 298 cm³/mol. The van der Waals surface area contributed by atoms with Crippen LogP contribution in [0.15, 0.2) is 283 Å². The van der Waals surface area contributed by atoms with Gasteiger partial charge >= 0.3 is 0 Å². The van der Waals surface area contributed by atoms with Gasteiger partial charge in [0.15, 0.2) is 0 Å². The Morgan fingerprint density at radius 1 is 0.264 bits per heavy atom. The van der Waals surface area contributed by atoms with E-state index in [9.17, 15) is 0 Å². The molecule has 1 unspecified atom stereocenters. The van der Waals surface area contributed by atoms with Gasteiger partial charge in [-0.3, -0.25) is 0 Å². The lowest BCUT2D eigenvalue weighted by Gasteiger charge is -2.33. The number of rotatable bonds is 9. The fraction of sp³-hybridized carbons (Fsp3) is 0.0145. The number of fused-ring (bicyclic) bond motifs is 12. The fourth-order valence-electron chi connectivity index (χ4n) is 11.7. The summed E-state index contributed by atoms with van der Waals surface area (Å²) >= 11 is 0. The lowest BCUT2D eigenvalue weighted by Crippen LogP contribution is -2.26. The Bertz CT molecular complexity index is 3860. The van der Waals surface area contributed by atoms with Crippen LogP contribution in [0.2, 0.25) is 0 Å². The summed E-state index contributed by atoms with van der Waals surface area (Å²) in [5.41, 5.74) is 22.2. The van der Waals surface area contributed by atoms with Gasteiger partial charge in [0.2, 0.25) is 0 Å². The predicted octanol–water partition coefficient (Wildman–Crippen LogP) is 18.7. The quantitative estimate of drug-likeness (QED) is 0.144. The van der Waals surface area contributed by atoms with Gasteiger partial charge in [0.05, 0.1) is 5.41 Å². The highest BCUT2D eigenvalue weighted by molar-refractivity contribution is 6.03. The second kappa shape index (κ2) is 16.9. The van der Waals surface area contributed by atoms with Crippen molar-refractivity contribution in [1.29, 1.82) is 0 Å². The van der Waals surface area contributed by atoms with Gasteiger partial charge in [-0.25, -0.2) is 0 Å². The summed E-state index contributed by atoms with van der Waals surface area (Å²) in [6.07, 6.45) is 0. The van der Waals surface area contributed by atoms with E-state index in [4.69, 9.17) is 4.42 Å². The molecule has 0 saturated heterocycles. The van der Waals surface area contributed by atoms with Crippen molar-refractivity contribution >= 4 is 45.1 Å². The molecule has 1 atom stereocenters. The van der Waals surface area contributed by atoms with E-state index in [0.29, 0.717) is 0 Å². The number of para-hydroxylation sites is 2. The molecule has 0 fully saturated rings. The Morgan fingerprint density at radius 3 is 1.14 bits per heavy atom. The van der Waals surface area contributed by atoms with E-state index in [1.807, 2.05) is 0 Å².